The number of carbonyl (C=O) groups excluding carboxylic acids is 1. The van der Waals surface area contributed by atoms with Crippen molar-refractivity contribution < 1.29 is 13.9 Å². The van der Waals surface area contributed by atoms with E-state index in [1.807, 2.05) is 6.92 Å². The molecular weight excluding hydrogens is 247 g/mol. The van der Waals surface area contributed by atoms with Gasteiger partial charge in [0, 0.05) is 0 Å². The van der Waals surface area contributed by atoms with Crippen LogP contribution in [0.15, 0.2) is 36.7 Å². The number of ketones is 1. The van der Waals surface area contributed by atoms with E-state index in [9.17, 15) is 9.18 Å². The summed E-state index contributed by atoms with van der Waals surface area (Å²) in [6, 6.07) is 5.96. The Labute approximate surface area is 110 Å². The Bertz CT molecular complexity index is 563. The highest BCUT2D eigenvalue weighted by Gasteiger charge is 2.14. The van der Waals surface area contributed by atoms with E-state index in [4.69, 9.17) is 4.74 Å². The average molecular weight is 262 g/mol. The van der Waals surface area contributed by atoms with Crippen LogP contribution in [0.4, 0.5) is 4.39 Å². The summed E-state index contributed by atoms with van der Waals surface area (Å²) in [7, 11) is 0. The number of hydrogen-bond acceptors (Lipinski definition) is 3. The number of rotatable bonds is 5. The van der Waals surface area contributed by atoms with Gasteiger partial charge in [0.15, 0.2) is 17.6 Å². The lowest BCUT2D eigenvalue weighted by atomic mass is 10.2. The van der Waals surface area contributed by atoms with Crippen LogP contribution in [0.3, 0.4) is 0 Å². The second-order valence-electron chi connectivity index (χ2n) is 4.22. The molecule has 0 N–H and O–H groups in total. The van der Waals surface area contributed by atoms with Gasteiger partial charge < -0.3 is 4.74 Å². The molecule has 0 aliphatic carbocycles. The zero-order chi connectivity index (χ0) is 13.8. The topological polar surface area (TPSA) is 44.1 Å². The molecule has 1 heterocycles. The van der Waals surface area contributed by atoms with E-state index < -0.39 is 6.10 Å². The Morgan fingerprint density at radius 1 is 1.42 bits per heavy atom. The molecule has 0 spiro atoms. The van der Waals surface area contributed by atoms with E-state index in [0.717, 1.165) is 5.69 Å². The van der Waals surface area contributed by atoms with Crippen LogP contribution in [0, 0.1) is 5.82 Å². The van der Waals surface area contributed by atoms with Gasteiger partial charge in [-0.05, 0) is 37.6 Å². The van der Waals surface area contributed by atoms with Crippen molar-refractivity contribution in [3.8, 4) is 11.4 Å². The van der Waals surface area contributed by atoms with E-state index >= 15 is 0 Å². The molecule has 100 valence electrons. The maximum Gasteiger partial charge on any atom is 0.170 e. The minimum Gasteiger partial charge on any atom is -0.479 e. The molecule has 1 atom stereocenters. The summed E-state index contributed by atoms with van der Waals surface area (Å²) in [6.45, 7) is 3.38. The number of aromatic nitrogens is 2. The van der Waals surface area contributed by atoms with Gasteiger partial charge in [-0.2, -0.15) is 5.10 Å². The summed E-state index contributed by atoms with van der Waals surface area (Å²) in [5.74, 6) is 0.207. The fourth-order valence-electron chi connectivity index (χ4n) is 1.72. The van der Waals surface area contributed by atoms with E-state index in [1.54, 1.807) is 23.0 Å². The van der Waals surface area contributed by atoms with Gasteiger partial charge in [0.05, 0.1) is 18.1 Å². The summed E-state index contributed by atoms with van der Waals surface area (Å²) in [5, 5.41) is 4.12. The Morgan fingerprint density at radius 3 is 2.68 bits per heavy atom. The van der Waals surface area contributed by atoms with E-state index in [0.29, 0.717) is 12.2 Å². The van der Waals surface area contributed by atoms with Crippen LogP contribution in [0.25, 0.3) is 5.69 Å². The average Bonchev–Trinajstić information content (AvgIpc) is 2.85. The number of hydrogen-bond donors (Lipinski definition) is 0. The summed E-state index contributed by atoms with van der Waals surface area (Å²) in [5.41, 5.74) is 0.729. The van der Waals surface area contributed by atoms with Crippen molar-refractivity contribution in [1.82, 2.24) is 9.78 Å². The van der Waals surface area contributed by atoms with Crippen LogP contribution in [-0.2, 0) is 4.79 Å². The lowest BCUT2D eigenvalue weighted by Crippen LogP contribution is -2.23. The molecule has 5 heteroatoms. The van der Waals surface area contributed by atoms with E-state index in [1.165, 1.54) is 25.3 Å². The first kappa shape index (κ1) is 13.3. The minimum atomic E-state index is -0.453. The lowest BCUT2D eigenvalue weighted by Gasteiger charge is -2.12. The third kappa shape index (κ3) is 3.19. The van der Waals surface area contributed by atoms with Crippen LogP contribution in [0.1, 0.15) is 20.3 Å². The van der Waals surface area contributed by atoms with Crippen molar-refractivity contribution in [3.63, 3.8) is 0 Å². The maximum absolute atomic E-state index is 12.8. The molecule has 0 saturated carbocycles. The summed E-state index contributed by atoms with van der Waals surface area (Å²) in [6.07, 6.45) is 3.36. The highest BCUT2D eigenvalue weighted by molar-refractivity contribution is 5.80. The van der Waals surface area contributed by atoms with Gasteiger partial charge in [0.1, 0.15) is 5.82 Å². The number of nitrogens with zero attached hydrogens (tertiary/aromatic N) is 2. The molecule has 0 aliphatic rings. The molecule has 1 aromatic carbocycles. The third-order valence-electron chi connectivity index (χ3n) is 2.75. The molecule has 0 amide bonds. The molecule has 0 fully saturated rings. The zero-order valence-corrected chi connectivity index (χ0v) is 10.8. The smallest absolute Gasteiger partial charge is 0.170 e. The van der Waals surface area contributed by atoms with Crippen LogP contribution >= 0.6 is 0 Å². The standard InChI is InChI=1S/C14H15FN2O2/c1-3-14(10(2)18)19-13-8-16-17(9-13)12-6-4-11(15)5-7-12/h4-9,14H,3H2,1-2H3. The van der Waals surface area contributed by atoms with Gasteiger partial charge in [-0.1, -0.05) is 6.92 Å². The molecule has 0 aliphatic heterocycles. The van der Waals surface area contributed by atoms with Crippen molar-refractivity contribution in [2.45, 2.75) is 26.4 Å². The van der Waals surface area contributed by atoms with Gasteiger partial charge >= 0.3 is 0 Å². The number of halogens is 1. The van der Waals surface area contributed by atoms with Gasteiger partial charge in [-0.25, -0.2) is 9.07 Å². The van der Waals surface area contributed by atoms with Crippen molar-refractivity contribution in [2.75, 3.05) is 0 Å². The fraction of sp³-hybridized carbons (Fsp3) is 0.286. The number of benzene rings is 1. The number of carbonyl (C=O) groups is 1. The summed E-state index contributed by atoms with van der Waals surface area (Å²) < 4.78 is 19.9. The molecule has 2 aromatic rings. The highest BCUT2D eigenvalue weighted by atomic mass is 19.1. The van der Waals surface area contributed by atoms with Crippen molar-refractivity contribution in [3.05, 3.63) is 42.5 Å². The van der Waals surface area contributed by atoms with Gasteiger partial charge in [-0.15, -0.1) is 0 Å². The number of ether oxygens (including phenoxy) is 1. The quantitative estimate of drug-likeness (QED) is 0.832. The maximum atomic E-state index is 12.8. The fourth-order valence-corrected chi connectivity index (χ4v) is 1.72. The molecule has 19 heavy (non-hydrogen) atoms. The predicted octanol–water partition coefficient (Wildman–Crippen LogP) is 2.76. The van der Waals surface area contributed by atoms with Gasteiger partial charge in [0.25, 0.3) is 0 Å². The Morgan fingerprint density at radius 2 is 2.11 bits per heavy atom. The Balaban J connectivity index is 2.15. The van der Waals surface area contributed by atoms with Gasteiger partial charge in [0.2, 0.25) is 0 Å². The molecule has 1 aromatic heterocycles. The van der Waals surface area contributed by atoms with Crippen LogP contribution in [0.2, 0.25) is 0 Å². The third-order valence-corrected chi connectivity index (χ3v) is 2.75. The summed E-state index contributed by atoms with van der Waals surface area (Å²) in [4.78, 5) is 11.3. The highest BCUT2D eigenvalue weighted by Crippen LogP contribution is 2.16. The van der Waals surface area contributed by atoms with Crippen molar-refractivity contribution in [1.29, 1.82) is 0 Å². The monoisotopic (exact) mass is 262 g/mol. The molecule has 0 bridgehead atoms. The van der Waals surface area contributed by atoms with E-state index in [-0.39, 0.29) is 11.6 Å². The van der Waals surface area contributed by atoms with Crippen molar-refractivity contribution in [2.24, 2.45) is 0 Å². The van der Waals surface area contributed by atoms with E-state index in [2.05, 4.69) is 5.10 Å². The van der Waals surface area contributed by atoms with Crippen LogP contribution < -0.4 is 4.74 Å². The minimum absolute atomic E-state index is 0.0166. The first-order chi connectivity index (χ1) is 9.10. The first-order valence-corrected chi connectivity index (χ1v) is 6.08. The second-order valence-corrected chi connectivity index (χ2v) is 4.22. The largest absolute Gasteiger partial charge is 0.479 e. The molecule has 0 saturated heterocycles. The molecular formula is C14H15FN2O2. The molecule has 4 nitrogen and oxygen atoms in total. The first-order valence-electron chi connectivity index (χ1n) is 6.08. The Kier molecular flexibility index (Phi) is 3.94. The number of Topliss-reactive ketones (excluding diaryl/α,β-unsaturated/α-hetero) is 1. The van der Waals surface area contributed by atoms with Gasteiger partial charge in [-0.3, -0.25) is 4.79 Å². The second kappa shape index (κ2) is 5.65. The molecule has 1 unspecified atom stereocenters. The SMILES string of the molecule is CCC(Oc1cnn(-c2ccc(F)cc2)c1)C(C)=O. The lowest BCUT2D eigenvalue weighted by molar-refractivity contribution is -0.123. The normalized spacial score (nSPS) is 12.2. The van der Waals surface area contributed by atoms with Crippen LogP contribution in [0.5, 0.6) is 5.75 Å². The predicted molar refractivity (Wildman–Crippen MR) is 68.9 cm³/mol. The zero-order valence-electron chi connectivity index (χ0n) is 10.8. The molecule has 0 radical (unpaired) electrons. The Hall–Kier alpha value is -2.17. The van der Waals surface area contributed by atoms with Crippen molar-refractivity contribution >= 4 is 5.78 Å². The summed E-state index contributed by atoms with van der Waals surface area (Å²) >= 11 is 0. The molecule has 2 rings (SSSR count). The van der Waals surface area contributed by atoms with Crippen LogP contribution in [-0.4, -0.2) is 21.7 Å².